The van der Waals surface area contributed by atoms with E-state index in [1.807, 2.05) is 61.5 Å². The molecule has 5 nitrogen and oxygen atoms in total. The highest BCUT2D eigenvalue weighted by Crippen LogP contribution is 2.35. The Morgan fingerprint density at radius 3 is 2.40 bits per heavy atom. The predicted octanol–water partition coefficient (Wildman–Crippen LogP) is 4.87. The fraction of sp³-hybridized carbons (Fsp3) is 0.320. The molecule has 1 aromatic heterocycles. The average molecular weight is 406 g/mol. The van der Waals surface area contributed by atoms with Crippen LogP contribution in [0.4, 0.5) is 0 Å². The van der Waals surface area contributed by atoms with Gasteiger partial charge in [-0.15, -0.1) is 0 Å². The lowest BCUT2D eigenvalue weighted by Crippen LogP contribution is -2.17. The van der Waals surface area contributed by atoms with Gasteiger partial charge in [0, 0.05) is 23.5 Å². The minimum absolute atomic E-state index is 0.391. The van der Waals surface area contributed by atoms with Crippen molar-refractivity contribution in [3.8, 4) is 22.6 Å². The first-order valence-electron chi connectivity index (χ1n) is 10.4. The van der Waals surface area contributed by atoms with Gasteiger partial charge in [-0.25, -0.2) is 0 Å². The maximum atomic E-state index is 12.4. The number of amides is 1. The van der Waals surface area contributed by atoms with Crippen LogP contribution in [-0.4, -0.2) is 36.0 Å². The number of hydrogen-bond donors (Lipinski definition) is 1. The molecule has 0 spiro atoms. The second kappa shape index (κ2) is 9.63. The zero-order valence-corrected chi connectivity index (χ0v) is 18.3. The van der Waals surface area contributed by atoms with Gasteiger partial charge >= 0.3 is 0 Å². The van der Waals surface area contributed by atoms with Gasteiger partial charge < -0.3 is 19.9 Å². The summed E-state index contributed by atoms with van der Waals surface area (Å²) in [5, 5.41) is 0. The molecule has 1 amide bonds. The first-order valence-corrected chi connectivity index (χ1v) is 10.4. The quantitative estimate of drug-likeness (QED) is 0.552. The highest BCUT2D eigenvalue weighted by molar-refractivity contribution is 6.02. The minimum Gasteiger partial charge on any atom is -0.457 e. The van der Waals surface area contributed by atoms with Gasteiger partial charge in [0.1, 0.15) is 11.5 Å². The van der Waals surface area contributed by atoms with Crippen molar-refractivity contribution in [3.63, 3.8) is 0 Å². The van der Waals surface area contributed by atoms with Crippen molar-refractivity contribution in [2.24, 2.45) is 5.73 Å². The number of carbonyl (C=O) groups is 1. The van der Waals surface area contributed by atoms with E-state index in [1.165, 1.54) is 0 Å². The van der Waals surface area contributed by atoms with Crippen LogP contribution in [0.2, 0.25) is 0 Å². The van der Waals surface area contributed by atoms with Crippen LogP contribution in [0.25, 0.3) is 11.1 Å². The topological polar surface area (TPSA) is 60.5 Å². The van der Waals surface area contributed by atoms with Gasteiger partial charge in [-0.05, 0) is 70.2 Å². The molecule has 3 rings (SSSR count). The van der Waals surface area contributed by atoms with E-state index < -0.39 is 5.91 Å². The minimum atomic E-state index is -0.391. The van der Waals surface area contributed by atoms with Crippen molar-refractivity contribution >= 4 is 5.91 Å². The highest BCUT2D eigenvalue weighted by Gasteiger charge is 2.24. The van der Waals surface area contributed by atoms with Gasteiger partial charge in [0.2, 0.25) is 0 Å². The van der Waals surface area contributed by atoms with Gasteiger partial charge in [0.15, 0.2) is 0 Å². The van der Waals surface area contributed by atoms with Gasteiger partial charge in [-0.1, -0.05) is 37.3 Å². The molecular formula is C25H31N3O2. The average Bonchev–Trinajstić information content (AvgIpc) is 3.00. The van der Waals surface area contributed by atoms with Crippen molar-refractivity contribution in [1.29, 1.82) is 0 Å². The Balaban J connectivity index is 2.04. The van der Waals surface area contributed by atoms with Crippen molar-refractivity contribution in [2.75, 3.05) is 20.6 Å². The molecule has 5 heteroatoms. The predicted molar refractivity (Wildman–Crippen MR) is 122 cm³/mol. The fourth-order valence-electron chi connectivity index (χ4n) is 3.97. The summed E-state index contributed by atoms with van der Waals surface area (Å²) in [5.74, 6) is 1.12. The zero-order valence-electron chi connectivity index (χ0n) is 18.3. The Morgan fingerprint density at radius 2 is 1.77 bits per heavy atom. The SMILES string of the molecule is CCc1c(-c2cccc(Oc3ccccc3)c2)c(C(N)=O)c(C)n1CCCN(C)C. The number of benzene rings is 2. The number of ether oxygens (including phenoxy) is 1. The van der Waals surface area contributed by atoms with Crippen LogP contribution in [0.3, 0.4) is 0 Å². The molecule has 30 heavy (non-hydrogen) atoms. The molecule has 0 fully saturated rings. The fourth-order valence-corrected chi connectivity index (χ4v) is 3.97. The summed E-state index contributed by atoms with van der Waals surface area (Å²) in [6.07, 6.45) is 1.82. The number of carbonyl (C=O) groups excluding carboxylic acids is 1. The van der Waals surface area contributed by atoms with Crippen molar-refractivity contribution < 1.29 is 9.53 Å². The molecule has 0 aliphatic rings. The number of nitrogens with zero attached hydrogens (tertiary/aromatic N) is 2. The number of nitrogens with two attached hydrogens (primary N) is 1. The Labute approximate surface area is 179 Å². The molecule has 0 saturated heterocycles. The smallest absolute Gasteiger partial charge is 0.251 e. The molecule has 2 aromatic carbocycles. The molecule has 3 aromatic rings. The molecule has 0 aliphatic carbocycles. The molecule has 0 bridgehead atoms. The molecule has 0 aliphatic heterocycles. The molecule has 0 radical (unpaired) electrons. The second-order valence-corrected chi connectivity index (χ2v) is 7.75. The maximum Gasteiger partial charge on any atom is 0.251 e. The normalized spacial score (nSPS) is 11.1. The van der Waals surface area contributed by atoms with E-state index in [0.717, 1.165) is 59.9 Å². The third-order valence-corrected chi connectivity index (χ3v) is 5.30. The van der Waals surface area contributed by atoms with Gasteiger partial charge in [-0.3, -0.25) is 4.79 Å². The van der Waals surface area contributed by atoms with Gasteiger partial charge in [0.05, 0.1) is 5.56 Å². The summed E-state index contributed by atoms with van der Waals surface area (Å²) in [6.45, 7) is 5.95. The lowest BCUT2D eigenvalue weighted by atomic mass is 9.98. The van der Waals surface area contributed by atoms with E-state index in [9.17, 15) is 4.79 Å². The van der Waals surface area contributed by atoms with E-state index >= 15 is 0 Å². The van der Waals surface area contributed by atoms with Crippen LogP contribution in [0, 0.1) is 6.92 Å². The van der Waals surface area contributed by atoms with Crippen LogP contribution >= 0.6 is 0 Å². The van der Waals surface area contributed by atoms with Crippen molar-refractivity contribution in [1.82, 2.24) is 9.47 Å². The number of para-hydroxylation sites is 1. The van der Waals surface area contributed by atoms with Crippen LogP contribution in [-0.2, 0) is 13.0 Å². The van der Waals surface area contributed by atoms with E-state index in [4.69, 9.17) is 10.5 Å². The van der Waals surface area contributed by atoms with Crippen molar-refractivity contribution in [2.45, 2.75) is 33.2 Å². The van der Waals surface area contributed by atoms with Gasteiger partial charge in [-0.2, -0.15) is 0 Å². The van der Waals surface area contributed by atoms with E-state index in [2.05, 4.69) is 30.5 Å². The molecule has 0 unspecified atom stereocenters. The molecular weight excluding hydrogens is 374 g/mol. The van der Waals surface area contributed by atoms with Crippen LogP contribution < -0.4 is 10.5 Å². The lowest BCUT2D eigenvalue weighted by Gasteiger charge is -2.14. The number of aromatic nitrogens is 1. The summed E-state index contributed by atoms with van der Waals surface area (Å²) in [6, 6.07) is 17.6. The number of hydrogen-bond acceptors (Lipinski definition) is 3. The largest absolute Gasteiger partial charge is 0.457 e. The molecule has 2 N–H and O–H groups in total. The summed E-state index contributed by atoms with van der Waals surface area (Å²) >= 11 is 0. The summed E-state index contributed by atoms with van der Waals surface area (Å²) in [5.41, 5.74) is 10.4. The lowest BCUT2D eigenvalue weighted by molar-refractivity contribution is 0.1000. The molecule has 158 valence electrons. The van der Waals surface area contributed by atoms with Crippen molar-refractivity contribution in [3.05, 3.63) is 71.5 Å². The van der Waals surface area contributed by atoms with Crippen LogP contribution in [0.5, 0.6) is 11.5 Å². The third-order valence-electron chi connectivity index (χ3n) is 5.30. The second-order valence-electron chi connectivity index (χ2n) is 7.75. The third kappa shape index (κ3) is 4.74. The van der Waals surface area contributed by atoms with Crippen LogP contribution in [0.15, 0.2) is 54.6 Å². The Morgan fingerprint density at radius 1 is 1.07 bits per heavy atom. The van der Waals surface area contributed by atoms with E-state index in [-0.39, 0.29) is 0 Å². The van der Waals surface area contributed by atoms with E-state index in [1.54, 1.807) is 0 Å². The zero-order chi connectivity index (χ0) is 21.7. The summed E-state index contributed by atoms with van der Waals surface area (Å²) in [7, 11) is 4.14. The Kier molecular flexibility index (Phi) is 6.95. The van der Waals surface area contributed by atoms with Gasteiger partial charge in [0.25, 0.3) is 5.91 Å². The first kappa shape index (κ1) is 21.7. The highest BCUT2D eigenvalue weighted by atomic mass is 16.5. The molecule has 0 saturated carbocycles. The monoisotopic (exact) mass is 405 g/mol. The number of rotatable bonds is 9. The standard InChI is InChI=1S/C25H31N3O2/c1-5-22-24(23(25(26)29)18(2)28(22)16-10-15-27(3)4)19-11-9-14-21(17-19)30-20-12-7-6-8-13-20/h6-9,11-14,17H,5,10,15-16H2,1-4H3,(H2,26,29). The first-order chi connectivity index (χ1) is 14.4. The Bertz CT molecular complexity index is 1010. The van der Waals surface area contributed by atoms with Crippen LogP contribution in [0.1, 0.15) is 35.1 Å². The molecule has 0 atom stereocenters. The Hall–Kier alpha value is -3.05. The van der Waals surface area contributed by atoms with E-state index in [0.29, 0.717) is 5.56 Å². The molecule has 1 heterocycles. The summed E-state index contributed by atoms with van der Waals surface area (Å²) < 4.78 is 8.27. The maximum absolute atomic E-state index is 12.4. The number of primary amides is 1. The summed E-state index contributed by atoms with van der Waals surface area (Å²) in [4.78, 5) is 14.6.